The number of hydrogen-bond acceptors (Lipinski definition) is 4. The summed E-state index contributed by atoms with van der Waals surface area (Å²) >= 11 is 0. The van der Waals surface area contributed by atoms with E-state index in [1.807, 2.05) is 19.1 Å². The summed E-state index contributed by atoms with van der Waals surface area (Å²) in [5.74, 6) is 0.511. The van der Waals surface area contributed by atoms with Gasteiger partial charge in [-0.25, -0.2) is 13.1 Å². The molecule has 25 heavy (non-hydrogen) atoms. The normalized spacial score (nSPS) is 17.6. The third-order valence-electron chi connectivity index (χ3n) is 4.55. The van der Waals surface area contributed by atoms with Gasteiger partial charge in [0.1, 0.15) is 0 Å². The summed E-state index contributed by atoms with van der Waals surface area (Å²) in [6.45, 7) is 8.34. The van der Waals surface area contributed by atoms with Gasteiger partial charge in [-0.2, -0.15) is 0 Å². The van der Waals surface area contributed by atoms with Crippen molar-refractivity contribution in [3.05, 3.63) is 28.8 Å². The van der Waals surface area contributed by atoms with E-state index in [1.54, 1.807) is 13.8 Å². The van der Waals surface area contributed by atoms with Crippen LogP contribution in [0.2, 0.25) is 0 Å². The van der Waals surface area contributed by atoms with E-state index in [2.05, 4.69) is 15.4 Å². The van der Waals surface area contributed by atoms with Crippen LogP contribution >= 0.6 is 0 Å². The highest BCUT2D eigenvalue weighted by molar-refractivity contribution is 7.89. The standard InChI is InChI=1S/C18H29N3O3S/c1-13-10-14(2)18(15(3)11-13)25(23,24)21-9-6-17(22)20-8-5-16-4-7-19-12-16/h10-11,16,19,21H,4-9,12H2,1-3H3,(H,20,22). The Morgan fingerprint density at radius 3 is 2.48 bits per heavy atom. The molecule has 0 radical (unpaired) electrons. The van der Waals surface area contributed by atoms with Crippen molar-refractivity contribution in [2.24, 2.45) is 5.92 Å². The Bertz CT molecular complexity index is 687. The predicted molar refractivity (Wildman–Crippen MR) is 99.1 cm³/mol. The lowest BCUT2D eigenvalue weighted by Crippen LogP contribution is -2.32. The highest BCUT2D eigenvalue weighted by atomic mass is 32.2. The summed E-state index contributed by atoms with van der Waals surface area (Å²) in [5, 5.41) is 6.16. The fourth-order valence-electron chi connectivity index (χ4n) is 3.43. The van der Waals surface area contributed by atoms with E-state index in [0.717, 1.165) is 42.6 Å². The third-order valence-corrected chi connectivity index (χ3v) is 6.32. The number of benzene rings is 1. The molecule has 7 heteroatoms. The molecule has 1 aromatic rings. The van der Waals surface area contributed by atoms with Crippen LogP contribution in [0.3, 0.4) is 0 Å². The van der Waals surface area contributed by atoms with Crippen molar-refractivity contribution in [3.63, 3.8) is 0 Å². The Kier molecular flexibility index (Phi) is 6.98. The van der Waals surface area contributed by atoms with Gasteiger partial charge < -0.3 is 10.6 Å². The molecule has 1 fully saturated rings. The Balaban J connectivity index is 1.79. The van der Waals surface area contributed by atoms with Gasteiger partial charge in [0.05, 0.1) is 4.90 Å². The number of amides is 1. The van der Waals surface area contributed by atoms with Crippen LogP contribution < -0.4 is 15.4 Å². The lowest BCUT2D eigenvalue weighted by Gasteiger charge is -2.13. The van der Waals surface area contributed by atoms with E-state index in [9.17, 15) is 13.2 Å². The van der Waals surface area contributed by atoms with Gasteiger partial charge in [0.2, 0.25) is 15.9 Å². The molecule has 0 saturated carbocycles. The number of sulfonamides is 1. The molecule has 1 aliphatic rings. The van der Waals surface area contributed by atoms with E-state index in [1.165, 1.54) is 0 Å². The fourth-order valence-corrected chi connectivity index (χ4v) is 4.91. The van der Waals surface area contributed by atoms with E-state index < -0.39 is 10.0 Å². The highest BCUT2D eigenvalue weighted by Crippen LogP contribution is 2.21. The van der Waals surface area contributed by atoms with E-state index in [4.69, 9.17) is 0 Å². The van der Waals surface area contributed by atoms with Crippen molar-refractivity contribution in [2.45, 2.75) is 44.9 Å². The topological polar surface area (TPSA) is 87.3 Å². The molecule has 0 aliphatic carbocycles. The van der Waals surface area contributed by atoms with Crippen LogP contribution in [-0.4, -0.2) is 40.5 Å². The molecule has 0 spiro atoms. The molecule has 1 heterocycles. The zero-order valence-corrected chi connectivity index (χ0v) is 16.1. The maximum Gasteiger partial charge on any atom is 0.241 e. The molecular weight excluding hydrogens is 338 g/mol. The van der Waals surface area contributed by atoms with Crippen LogP contribution in [0, 0.1) is 26.7 Å². The van der Waals surface area contributed by atoms with Crippen LogP contribution in [0.15, 0.2) is 17.0 Å². The molecule has 2 rings (SSSR count). The maximum absolute atomic E-state index is 12.5. The van der Waals surface area contributed by atoms with Gasteiger partial charge in [0.15, 0.2) is 0 Å². The first-order valence-electron chi connectivity index (χ1n) is 8.84. The van der Waals surface area contributed by atoms with Crippen LogP contribution in [-0.2, 0) is 14.8 Å². The number of nitrogens with one attached hydrogen (secondary N) is 3. The first-order valence-corrected chi connectivity index (χ1v) is 10.3. The van der Waals surface area contributed by atoms with Gasteiger partial charge in [-0.1, -0.05) is 17.7 Å². The van der Waals surface area contributed by atoms with E-state index >= 15 is 0 Å². The lowest BCUT2D eigenvalue weighted by atomic mass is 10.1. The summed E-state index contributed by atoms with van der Waals surface area (Å²) in [6.07, 6.45) is 2.27. The first-order chi connectivity index (χ1) is 11.8. The third kappa shape index (κ3) is 5.80. The van der Waals surface area contributed by atoms with Gasteiger partial charge in [0.25, 0.3) is 0 Å². The van der Waals surface area contributed by atoms with Crippen molar-refractivity contribution in [1.82, 2.24) is 15.4 Å². The summed E-state index contributed by atoms with van der Waals surface area (Å²) < 4.78 is 27.5. The molecule has 1 saturated heterocycles. The molecular formula is C18H29N3O3S. The van der Waals surface area contributed by atoms with Gasteiger partial charge >= 0.3 is 0 Å². The van der Waals surface area contributed by atoms with Crippen LogP contribution in [0.25, 0.3) is 0 Å². The van der Waals surface area contributed by atoms with Crippen molar-refractivity contribution in [3.8, 4) is 0 Å². The fraction of sp³-hybridized carbons (Fsp3) is 0.611. The van der Waals surface area contributed by atoms with Crippen LogP contribution in [0.1, 0.15) is 36.0 Å². The Hall–Kier alpha value is -1.44. The number of hydrogen-bond donors (Lipinski definition) is 3. The van der Waals surface area contributed by atoms with Gasteiger partial charge in [0, 0.05) is 19.5 Å². The van der Waals surface area contributed by atoms with Gasteiger partial charge in [-0.15, -0.1) is 0 Å². The number of aryl methyl sites for hydroxylation is 3. The molecule has 1 atom stereocenters. The maximum atomic E-state index is 12.5. The molecule has 1 aromatic carbocycles. The smallest absolute Gasteiger partial charge is 0.241 e. The molecule has 1 amide bonds. The monoisotopic (exact) mass is 367 g/mol. The number of carbonyl (C=O) groups is 1. The van der Waals surface area contributed by atoms with E-state index in [0.29, 0.717) is 17.4 Å². The van der Waals surface area contributed by atoms with Crippen molar-refractivity contribution in [1.29, 1.82) is 0 Å². The minimum atomic E-state index is -3.61. The Labute approximate surface area is 150 Å². The minimum absolute atomic E-state index is 0.103. The van der Waals surface area contributed by atoms with Crippen LogP contribution in [0.5, 0.6) is 0 Å². The lowest BCUT2D eigenvalue weighted by molar-refractivity contribution is -0.120. The number of rotatable bonds is 8. The first kappa shape index (κ1) is 19.9. The minimum Gasteiger partial charge on any atom is -0.356 e. The van der Waals surface area contributed by atoms with Crippen molar-refractivity contribution >= 4 is 15.9 Å². The average Bonchev–Trinajstić information content (AvgIpc) is 2.98. The molecule has 1 unspecified atom stereocenters. The molecule has 6 nitrogen and oxygen atoms in total. The highest BCUT2D eigenvalue weighted by Gasteiger charge is 2.20. The van der Waals surface area contributed by atoms with Crippen molar-refractivity contribution < 1.29 is 13.2 Å². The van der Waals surface area contributed by atoms with Crippen molar-refractivity contribution in [2.75, 3.05) is 26.2 Å². The molecule has 3 N–H and O–H groups in total. The predicted octanol–water partition coefficient (Wildman–Crippen LogP) is 1.40. The molecule has 0 bridgehead atoms. The Morgan fingerprint density at radius 1 is 1.20 bits per heavy atom. The quantitative estimate of drug-likeness (QED) is 0.648. The van der Waals surface area contributed by atoms with Gasteiger partial charge in [-0.3, -0.25) is 4.79 Å². The summed E-state index contributed by atoms with van der Waals surface area (Å²) in [7, 11) is -3.61. The average molecular weight is 368 g/mol. The summed E-state index contributed by atoms with van der Waals surface area (Å²) in [5.41, 5.74) is 2.48. The largest absolute Gasteiger partial charge is 0.356 e. The van der Waals surface area contributed by atoms with E-state index in [-0.39, 0.29) is 18.9 Å². The second-order valence-electron chi connectivity index (χ2n) is 6.87. The zero-order valence-electron chi connectivity index (χ0n) is 15.3. The molecule has 0 aromatic heterocycles. The molecule has 140 valence electrons. The Morgan fingerprint density at radius 2 is 1.88 bits per heavy atom. The van der Waals surface area contributed by atoms with Crippen LogP contribution in [0.4, 0.5) is 0 Å². The molecule has 1 aliphatic heterocycles. The SMILES string of the molecule is Cc1cc(C)c(S(=O)(=O)NCCC(=O)NCCC2CCNC2)c(C)c1. The summed E-state index contributed by atoms with van der Waals surface area (Å²) in [6, 6.07) is 3.71. The second kappa shape index (κ2) is 8.78. The summed E-state index contributed by atoms with van der Waals surface area (Å²) in [4.78, 5) is 12.2. The second-order valence-corrected chi connectivity index (χ2v) is 8.58. The van der Waals surface area contributed by atoms with Gasteiger partial charge in [-0.05, 0) is 63.7 Å². The number of carbonyl (C=O) groups excluding carboxylic acids is 1. The zero-order chi connectivity index (χ0) is 18.4.